The fourth-order valence-electron chi connectivity index (χ4n) is 2.76. The van der Waals surface area contributed by atoms with Crippen LogP contribution >= 0.6 is 0 Å². The summed E-state index contributed by atoms with van der Waals surface area (Å²) in [6.45, 7) is 0. The smallest absolute Gasteiger partial charge is 0.159 e. The highest BCUT2D eigenvalue weighted by Gasteiger charge is 2.27. The molecule has 1 saturated carbocycles. The van der Waals surface area contributed by atoms with Crippen molar-refractivity contribution >= 4 is 11.9 Å². The molecule has 100 valence electrons. The number of nitrogens with zero attached hydrogens (tertiary/aromatic N) is 1. The Bertz CT molecular complexity index is 616. The summed E-state index contributed by atoms with van der Waals surface area (Å²) in [6, 6.07) is 16.0. The van der Waals surface area contributed by atoms with E-state index in [0.717, 1.165) is 29.7 Å². The monoisotopic (exact) mass is 263 g/mol. The number of Topliss-reactive ketones (excluding diaryl/α,β-unsaturated/α-hetero) is 1. The second-order valence-electron chi connectivity index (χ2n) is 5.13. The Morgan fingerprint density at radius 1 is 1.05 bits per heavy atom. The molecule has 0 bridgehead atoms. The van der Waals surface area contributed by atoms with Gasteiger partial charge in [0.2, 0.25) is 0 Å². The summed E-state index contributed by atoms with van der Waals surface area (Å²) in [5.74, 6) is 0.397. The lowest BCUT2D eigenvalue weighted by Crippen LogP contribution is -2.18. The maximum atomic E-state index is 12.3. The molecule has 2 aromatic rings. The number of aromatic nitrogens is 1. The highest BCUT2D eigenvalue weighted by Crippen LogP contribution is 2.35. The average Bonchev–Trinajstić information content (AvgIpc) is 2.51. The van der Waals surface area contributed by atoms with Crippen LogP contribution in [0.5, 0.6) is 0 Å². The molecule has 20 heavy (non-hydrogen) atoms. The van der Waals surface area contributed by atoms with Crippen LogP contribution in [-0.4, -0.2) is 10.8 Å². The number of carbonyl (C=O) groups is 1. The third-order valence-corrected chi connectivity index (χ3v) is 3.76. The van der Waals surface area contributed by atoms with Gasteiger partial charge < -0.3 is 0 Å². The van der Waals surface area contributed by atoms with E-state index in [9.17, 15) is 4.79 Å². The molecule has 2 nitrogen and oxygen atoms in total. The lowest BCUT2D eigenvalue weighted by atomic mass is 9.80. The van der Waals surface area contributed by atoms with Crippen molar-refractivity contribution in [1.82, 2.24) is 4.98 Å². The van der Waals surface area contributed by atoms with Crippen molar-refractivity contribution in [3.05, 3.63) is 71.6 Å². The third kappa shape index (κ3) is 2.69. The fourth-order valence-corrected chi connectivity index (χ4v) is 2.76. The Balaban J connectivity index is 2.00. The Labute approximate surface area is 119 Å². The van der Waals surface area contributed by atoms with E-state index in [0.29, 0.717) is 6.42 Å². The molecular formula is C18H17NO. The van der Waals surface area contributed by atoms with Gasteiger partial charge in [-0.25, -0.2) is 0 Å². The van der Waals surface area contributed by atoms with E-state index >= 15 is 0 Å². The molecule has 2 heteroatoms. The first-order chi connectivity index (χ1) is 9.84. The van der Waals surface area contributed by atoms with E-state index in [1.807, 2.05) is 54.6 Å². The summed E-state index contributed by atoms with van der Waals surface area (Å²) < 4.78 is 0. The van der Waals surface area contributed by atoms with Gasteiger partial charge >= 0.3 is 0 Å². The molecular weight excluding hydrogens is 246 g/mol. The maximum Gasteiger partial charge on any atom is 0.159 e. The van der Waals surface area contributed by atoms with E-state index < -0.39 is 0 Å². The minimum atomic E-state index is 0.137. The highest BCUT2D eigenvalue weighted by molar-refractivity contribution is 6.01. The van der Waals surface area contributed by atoms with Crippen molar-refractivity contribution in [1.29, 1.82) is 0 Å². The zero-order valence-electron chi connectivity index (χ0n) is 11.3. The van der Waals surface area contributed by atoms with Crippen LogP contribution in [0.25, 0.3) is 6.08 Å². The van der Waals surface area contributed by atoms with Crippen molar-refractivity contribution < 1.29 is 4.79 Å². The zero-order valence-corrected chi connectivity index (χ0v) is 11.3. The molecule has 0 saturated heterocycles. The van der Waals surface area contributed by atoms with Crippen LogP contribution in [0.2, 0.25) is 0 Å². The van der Waals surface area contributed by atoms with Gasteiger partial charge in [-0.3, -0.25) is 9.78 Å². The number of benzene rings is 1. The van der Waals surface area contributed by atoms with E-state index in [2.05, 4.69) is 4.98 Å². The molecule has 1 fully saturated rings. The highest BCUT2D eigenvalue weighted by atomic mass is 16.1. The number of carbonyl (C=O) groups excluding carboxylic acids is 1. The second kappa shape index (κ2) is 5.83. The van der Waals surface area contributed by atoms with E-state index in [4.69, 9.17) is 0 Å². The number of ketones is 1. The van der Waals surface area contributed by atoms with Gasteiger partial charge in [0.25, 0.3) is 0 Å². The van der Waals surface area contributed by atoms with Crippen molar-refractivity contribution in [2.75, 3.05) is 0 Å². The van der Waals surface area contributed by atoms with Crippen LogP contribution in [0.4, 0.5) is 0 Å². The Morgan fingerprint density at radius 2 is 1.85 bits per heavy atom. The van der Waals surface area contributed by atoms with Crippen LogP contribution in [0.3, 0.4) is 0 Å². The van der Waals surface area contributed by atoms with Gasteiger partial charge in [0, 0.05) is 29.8 Å². The molecule has 1 atom stereocenters. The average molecular weight is 263 g/mol. The maximum absolute atomic E-state index is 12.3. The van der Waals surface area contributed by atoms with Crippen molar-refractivity contribution in [2.45, 2.75) is 25.2 Å². The predicted molar refractivity (Wildman–Crippen MR) is 80.3 cm³/mol. The van der Waals surface area contributed by atoms with Gasteiger partial charge in [0.05, 0.1) is 0 Å². The molecule has 0 radical (unpaired) electrons. The second-order valence-corrected chi connectivity index (χ2v) is 5.13. The van der Waals surface area contributed by atoms with Gasteiger partial charge in [-0.1, -0.05) is 36.4 Å². The summed E-state index contributed by atoms with van der Waals surface area (Å²) in [6.07, 6.45) is 6.44. The van der Waals surface area contributed by atoms with Gasteiger partial charge in [0.1, 0.15) is 0 Å². The minimum absolute atomic E-state index is 0.137. The zero-order chi connectivity index (χ0) is 13.8. The van der Waals surface area contributed by atoms with Crippen LogP contribution in [-0.2, 0) is 4.79 Å². The summed E-state index contributed by atoms with van der Waals surface area (Å²) in [5, 5.41) is 0. The molecule has 1 heterocycles. The minimum Gasteiger partial charge on any atom is -0.295 e. The summed E-state index contributed by atoms with van der Waals surface area (Å²) >= 11 is 0. The predicted octanol–water partition coefficient (Wildman–Crippen LogP) is 4.00. The SMILES string of the molecule is O=C1CCCC(c2ccccn2)/C1=C/c1ccccc1. The fraction of sp³-hybridized carbons (Fsp3) is 0.222. The van der Waals surface area contributed by atoms with Crippen LogP contribution < -0.4 is 0 Å². The lowest BCUT2D eigenvalue weighted by Gasteiger charge is -2.24. The standard InChI is InChI=1S/C18H17NO/c20-18-11-6-9-15(17-10-4-5-12-19-17)16(18)13-14-7-2-1-3-8-14/h1-5,7-8,10,12-13,15H,6,9,11H2/b16-13-. The molecule has 0 amide bonds. The first-order valence-electron chi connectivity index (χ1n) is 7.05. The van der Waals surface area contributed by atoms with Crippen LogP contribution in [0.1, 0.15) is 36.4 Å². The van der Waals surface area contributed by atoms with Gasteiger partial charge in [-0.05, 0) is 36.6 Å². The molecule has 0 spiro atoms. The van der Waals surface area contributed by atoms with E-state index in [-0.39, 0.29) is 11.7 Å². The lowest BCUT2D eigenvalue weighted by molar-refractivity contribution is -0.116. The Morgan fingerprint density at radius 3 is 2.60 bits per heavy atom. The molecule has 1 aromatic carbocycles. The molecule has 3 rings (SSSR count). The van der Waals surface area contributed by atoms with Crippen molar-refractivity contribution in [2.24, 2.45) is 0 Å². The third-order valence-electron chi connectivity index (χ3n) is 3.76. The van der Waals surface area contributed by atoms with E-state index in [1.165, 1.54) is 0 Å². The summed E-state index contributed by atoms with van der Waals surface area (Å²) in [4.78, 5) is 16.7. The topological polar surface area (TPSA) is 30.0 Å². The van der Waals surface area contributed by atoms with Gasteiger partial charge in [-0.15, -0.1) is 0 Å². The number of pyridine rings is 1. The van der Waals surface area contributed by atoms with Crippen molar-refractivity contribution in [3.63, 3.8) is 0 Å². The molecule has 0 aliphatic heterocycles. The molecule has 1 aromatic heterocycles. The van der Waals surface area contributed by atoms with Gasteiger partial charge in [-0.2, -0.15) is 0 Å². The molecule has 1 unspecified atom stereocenters. The number of allylic oxidation sites excluding steroid dienone is 1. The van der Waals surface area contributed by atoms with Crippen LogP contribution in [0, 0.1) is 0 Å². The summed E-state index contributed by atoms with van der Waals surface area (Å²) in [7, 11) is 0. The van der Waals surface area contributed by atoms with Gasteiger partial charge in [0.15, 0.2) is 5.78 Å². The largest absolute Gasteiger partial charge is 0.295 e. The molecule has 1 aliphatic rings. The number of rotatable bonds is 2. The normalized spacial score (nSPS) is 21.1. The first kappa shape index (κ1) is 12.8. The quantitative estimate of drug-likeness (QED) is 0.766. The number of hydrogen-bond donors (Lipinski definition) is 0. The van der Waals surface area contributed by atoms with E-state index in [1.54, 1.807) is 6.20 Å². The first-order valence-corrected chi connectivity index (χ1v) is 7.05. The Kier molecular flexibility index (Phi) is 3.73. The van der Waals surface area contributed by atoms with Crippen molar-refractivity contribution in [3.8, 4) is 0 Å². The summed E-state index contributed by atoms with van der Waals surface area (Å²) in [5.41, 5.74) is 2.99. The van der Waals surface area contributed by atoms with Crippen LogP contribution in [0.15, 0.2) is 60.3 Å². The molecule has 0 N–H and O–H groups in total. The number of hydrogen-bond acceptors (Lipinski definition) is 2. The molecule has 1 aliphatic carbocycles. The Hall–Kier alpha value is -2.22.